The predicted octanol–water partition coefficient (Wildman–Crippen LogP) is 0.601. The highest BCUT2D eigenvalue weighted by Gasteiger charge is 1.98. The number of halogens is 1. The second kappa shape index (κ2) is 4.57. The van der Waals surface area contributed by atoms with Crippen LogP contribution < -0.4 is 11.5 Å². The van der Waals surface area contributed by atoms with Gasteiger partial charge in [0.1, 0.15) is 0 Å². The summed E-state index contributed by atoms with van der Waals surface area (Å²) in [5.74, 6) is -0.227. The lowest BCUT2D eigenvalue weighted by molar-refractivity contribution is -0.117. The van der Waals surface area contributed by atoms with E-state index in [0.717, 1.165) is 0 Å². The lowest BCUT2D eigenvalue weighted by atomic mass is 10.3. The zero-order valence-corrected chi connectivity index (χ0v) is 8.03. The van der Waals surface area contributed by atoms with Crippen molar-refractivity contribution in [1.29, 1.82) is 0 Å². The van der Waals surface area contributed by atoms with Gasteiger partial charge in [-0.3, -0.25) is 4.79 Å². The van der Waals surface area contributed by atoms with E-state index in [-0.39, 0.29) is 17.4 Å². The molecule has 6 heteroatoms. The maximum atomic E-state index is 10.4. The van der Waals surface area contributed by atoms with E-state index < -0.39 is 5.91 Å². The second-order valence-electron chi connectivity index (χ2n) is 2.54. The second-order valence-corrected chi connectivity index (χ2v) is 2.90. The lowest BCUT2D eigenvalue weighted by Gasteiger charge is -1.96. The average molecular weight is 213 g/mol. The van der Waals surface area contributed by atoms with E-state index in [1.807, 2.05) is 0 Å². The van der Waals surface area contributed by atoms with Crippen LogP contribution in [0.15, 0.2) is 12.3 Å². The number of hydrogen-bond acceptors (Lipinski definition) is 4. The molecule has 1 aromatic heterocycles. The van der Waals surface area contributed by atoms with Crippen molar-refractivity contribution in [2.75, 3.05) is 5.73 Å². The van der Waals surface area contributed by atoms with Crippen molar-refractivity contribution in [1.82, 2.24) is 9.97 Å². The highest BCUT2D eigenvalue weighted by atomic mass is 35.5. The zero-order chi connectivity index (χ0) is 10.6. The van der Waals surface area contributed by atoms with Gasteiger partial charge in [0.25, 0.3) is 0 Å². The Hall–Kier alpha value is -1.62. The predicted molar refractivity (Wildman–Crippen MR) is 54.3 cm³/mol. The van der Waals surface area contributed by atoms with Crippen LogP contribution >= 0.6 is 11.6 Å². The largest absolute Gasteiger partial charge is 0.381 e. The molecule has 74 valence electrons. The molecule has 4 N–H and O–H groups in total. The Morgan fingerprint density at radius 2 is 2.36 bits per heavy atom. The maximum absolute atomic E-state index is 10.4. The SMILES string of the molecule is NC(=O)CC=Cc1cnc(N)c(Cl)n1. The summed E-state index contributed by atoms with van der Waals surface area (Å²) in [5.41, 5.74) is 10.8. The minimum atomic E-state index is -0.407. The van der Waals surface area contributed by atoms with Gasteiger partial charge in [-0.05, 0) is 6.08 Å². The molecule has 0 aromatic carbocycles. The summed E-state index contributed by atoms with van der Waals surface area (Å²) < 4.78 is 0. The molecule has 0 aliphatic rings. The van der Waals surface area contributed by atoms with Gasteiger partial charge in [-0.15, -0.1) is 0 Å². The van der Waals surface area contributed by atoms with E-state index in [2.05, 4.69) is 9.97 Å². The average Bonchev–Trinajstić information content (AvgIpc) is 2.10. The third-order valence-electron chi connectivity index (χ3n) is 1.38. The van der Waals surface area contributed by atoms with Crippen molar-refractivity contribution in [2.24, 2.45) is 5.73 Å². The van der Waals surface area contributed by atoms with E-state index in [9.17, 15) is 4.79 Å². The van der Waals surface area contributed by atoms with Crippen molar-refractivity contribution in [3.8, 4) is 0 Å². The molecule has 0 radical (unpaired) electrons. The van der Waals surface area contributed by atoms with Gasteiger partial charge in [-0.25, -0.2) is 9.97 Å². The molecule has 0 aliphatic carbocycles. The summed E-state index contributed by atoms with van der Waals surface area (Å²) >= 11 is 5.63. The summed E-state index contributed by atoms with van der Waals surface area (Å²) in [4.78, 5) is 18.1. The van der Waals surface area contributed by atoms with Gasteiger partial charge in [0.15, 0.2) is 11.0 Å². The van der Waals surface area contributed by atoms with Crippen molar-refractivity contribution >= 4 is 29.4 Å². The number of anilines is 1. The van der Waals surface area contributed by atoms with Gasteiger partial charge in [0.2, 0.25) is 5.91 Å². The Balaban J connectivity index is 2.73. The van der Waals surface area contributed by atoms with E-state index in [1.54, 1.807) is 12.2 Å². The van der Waals surface area contributed by atoms with E-state index in [0.29, 0.717) is 5.69 Å². The first-order chi connectivity index (χ1) is 6.59. The third-order valence-corrected chi connectivity index (χ3v) is 1.66. The minimum absolute atomic E-state index is 0.145. The summed E-state index contributed by atoms with van der Waals surface area (Å²) in [6.45, 7) is 0. The van der Waals surface area contributed by atoms with Gasteiger partial charge in [-0.1, -0.05) is 17.7 Å². The molecule has 1 heterocycles. The monoisotopic (exact) mass is 212 g/mol. The number of rotatable bonds is 3. The Kier molecular flexibility index (Phi) is 3.41. The molecule has 0 saturated heterocycles. The first-order valence-corrected chi connectivity index (χ1v) is 4.20. The Morgan fingerprint density at radius 1 is 1.64 bits per heavy atom. The number of primary amides is 1. The van der Waals surface area contributed by atoms with Crippen molar-refractivity contribution in [3.05, 3.63) is 23.1 Å². The van der Waals surface area contributed by atoms with E-state index >= 15 is 0 Å². The molecule has 1 rings (SSSR count). The molecule has 0 unspecified atom stereocenters. The van der Waals surface area contributed by atoms with Crippen LogP contribution in [0, 0.1) is 0 Å². The number of aromatic nitrogens is 2. The van der Waals surface area contributed by atoms with Gasteiger partial charge in [0.05, 0.1) is 11.9 Å². The fourth-order valence-corrected chi connectivity index (χ4v) is 0.911. The molecule has 0 spiro atoms. The Bertz CT molecular complexity index is 378. The minimum Gasteiger partial charge on any atom is -0.381 e. The molecule has 0 saturated carbocycles. The normalized spacial score (nSPS) is 10.6. The summed E-state index contributed by atoms with van der Waals surface area (Å²) in [6.07, 6.45) is 4.80. The van der Waals surface area contributed by atoms with Gasteiger partial charge < -0.3 is 11.5 Å². The van der Waals surface area contributed by atoms with Crippen LogP contribution in [0.3, 0.4) is 0 Å². The fourth-order valence-electron chi connectivity index (χ4n) is 0.765. The lowest BCUT2D eigenvalue weighted by Crippen LogP contribution is -2.07. The topological polar surface area (TPSA) is 94.9 Å². The summed E-state index contributed by atoms with van der Waals surface area (Å²) in [6, 6.07) is 0. The number of carbonyl (C=O) groups excluding carboxylic acids is 1. The summed E-state index contributed by atoms with van der Waals surface area (Å²) in [7, 11) is 0. The standard InChI is InChI=1S/C8H9ClN4O/c9-7-8(11)12-4-5(13-7)2-1-3-6(10)14/h1-2,4H,3H2,(H2,10,14)(H2,11,12). The molecule has 0 atom stereocenters. The zero-order valence-electron chi connectivity index (χ0n) is 7.27. The molecule has 0 aliphatic heterocycles. The van der Waals surface area contributed by atoms with Crippen LogP contribution in [0.1, 0.15) is 12.1 Å². The van der Waals surface area contributed by atoms with Gasteiger partial charge in [0, 0.05) is 6.42 Å². The smallest absolute Gasteiger partial charge is 0.221 e. The molecule has 0 fully saturated rings. The molecule has 14 heavy (non-hydrogen) atoms. The van der Waals surface area contributed by atoms with Crippen molar-refractivity contribution in [2.45, 2.75) is 6.42 Å². The van der Waals surface area contributed by atoms with E-state index in [4.69, 9.17) is 23.1 Å². The van der Waals surface area contributed by atoms with Crippen LogP contribution in [0.5, 0.6) is 0 Å². The third kappa shape index (κ3) is 3.02. The molecule has 1 aromatic rings. The fraction of sp³-hybridized carbons (Fsp3) is 0.125. The van der Waals surface area contributed by atoms with Crippen LogP contribution in [0.25, 0.3) is 6.08 Å². The molecular formula is C8H9ClN4O. The van der Waals surface area contributed by atoms with E-state index in [1.165, 1.54) is 6.20 Å². The van der Waals surface area contributed by atoms with Crippen molar-refractivity contribution < 1.29 is 4.79 Å². The van der Waals surface area contributed by atoms with Crippen LogP contribution in [-0.2, 0) is 4.79 Å². The number of carbonyl (C=O) groups is 1. The number of hydrogen-bond donors (Lipinski definition) is 2. The molecule has 0 bridgehead atoms. The van der Waals surface area contributed by atoms with Crippen LogP contribution in [0.4, 0.5) is 5.82 Å². The highest BCUT2D eigenvalue weighted by molar-refractivity contribution is 6.31. The van der Waals surface area contributed by atoms with Crippen LogP contribution in [0.2, 0.25) is 5.15 Å². The number of nitrogens with zero attached hydrogens (tertiary/aromatic N) is 2. The van der Waals surface area contributed by atoms with Crippen molar-refractivity contribution in [3.63, 3.8) is 0 Å². The molecule has 5 nitrogen and oxygen atoms in total. The highest BCUT2D eigenvalue weighted by Crippen LogP contribution is 2.12. The Labute approximate surface area is 85.8 Å². The quantitative estimate of drug-likeness (QED) is 0.767. The number of amides is 1. The number of nitrogen functional groups attached to an aromatic ring is 1. The Morgan fingerprint density at radius 3 is 2.93 bits per heavy atom. The summed E-state index contributed by atoms with van der Waals surface area (Å²) in [5, 5.41) is 0.145. The maximum Gasteiger partial charge on any atom is 0.221 e. The molecular weight excluding hydrogens is 204 g/mol. The van der Waals surface area contributed by atoms with Gasteiger partial charge >= 0.3 is 0 Å². The first-order valence-electron chi connectivity index (χ1n) is 3.82. The molecule has 1 amide bonds. The number of nitrogens with two attached hydrogens (primary N) is 2. The van der Waals surface area contributed by atoms with Gasteiger partial charge in [-0.2, -0.15) is 0 Å². The first kappa shape index (κ1) is 10.5. The van der Waals surface area contributed by atoms with Crippen LogP contribution in [-0.4, -0.2) is 15.9 Å².